The van der Waals surface area contributed by atoms with Crippen molar-refractivity contribution >= 4 is 28.5 Å². The Morgan fingerprint density at radius 3 is 2.89 bits per heavy atom. The summed E-state index contributed by atoms with van der Waals surface area (Å²) in [7, 11) is 0. The van der Waals surface area contributed by atoms with Crippen molar-refractivity contribution in [3.63, 3.8) is 0 Å². The van der Waals surface area contributed by atoms with Gasteiger partial charge in [-0.1, -0.05) is 17.7 Å². The van der Waals surface area contributed by atoms with Crippen LogP contribution in [-0.4, -0.2) is 17.6 Å². The summed E-state index contributed by atoms with van der Waals surface area (Å²) in [5.74, 6) is -1.09. The van der Waals surface area contributed by atoms with Gasteiger partial charge in [0.15, 0.2) is 0 Å². The Morgan fingerprint density at radius 2 is 2.22 bits per heavy atom. The molecule has 3 nitrogen and oxygen atoms in total. The standard InChI is InChI=1S/C13H11ClFNO2/c1-3-18-13(17)10-7(2)16-9-6-4-5-8(15)11(9)12(10)14/h4-6H,3H2,1-2H3. The van der Waals surface area contributed by atoms with Gasteiger partial charge in [-0.05, 0) is 26.0 Å². The summed E-state index contributed by atoms with van der Waals surface area (Å²) in [4.78, 5) is 15.9. The second-order valence-corrected chi connectivity index (χ2v) is 4.12. The highest BCUT2D eigenvalue weighted by Crippen LogP contribution is 2.30. The zero-order valence-electron chi connectivity index (χ0n) is 9.96. The lowest BCUT2D eigenvalue weighted by molar-refractivity contribution is 0.0525. The summed E-state index contributed by atoms with van der Waals surface area (Å²) in [6, 6.07) is 4.47. The third-order valence-electron chi connectivity index (χ3n) is 2.56. The first-order chi connectivity index (χ1) is 8.56. The minimum Gasteiger partial charge on any atom is -0.462 e. The van der Waals surface area contributed by atoms with Crippen molar-refractivity contribution in [3.8, 4) is 0 Å². The van der Waals surface area contributed by atoms with E-state index in [1.165, 1.54) is 6.07 Å². The SMILES string of the molecule is CCOC(=O)c1c(C)nc2cccc(F)c2c1Cl. The van der Waals surface area contributed by atoms with Crippen LogP contribution < -0.4 is 0 Å². The van der Waals surface area contributed by atoms with E-state index in [-0.39, 0.29) is 22.6 Å². The summed E-state index contributed by atoms with van der Waals surface area (Å²) >= 11 is 6.10. The molecule has 0 atom stereocenters. The fourth-order valence-corrected chi connectivity index (χ4v) is 2.19. The van der Waals surface area contributed by atoms with E-state index in [1.807, 2.05) is 0 Å². The van der Waals surface area contributed by atoms with Crippen molar-refractivity contribution in [3.05, 3.63) is 40.3 Å². The van der Waals surface area contributed by atoms with Crippen LogP contribution in [0.5, 0.6) is 0 Å². The molecule has 0 saturated carbocycles. The zero-order valence-corrected chi connectivity index (χ0v) is 10.7. The maximum atomic E-state index is 13.7. The van der Waals surface area contributed by atoms with Crippen molar-refractivity contribution in [2.75, 3.05) is 6.61 Å². The molecule has 1 aromatic carbocycles. The molecular weight excluding hydrogens is 257 g/mol. The van der Waals surface area contributed by atoms with Gasteiger partial charge in [0.25, 0.3) is 0 Å². The van der Waals surface area contributed by atoms with E-state index in [9.17, 15) is 9.18 Å². The topological polar surface area (TPSA) is 39.2 Å². The van der Waals surface area contributed by atoms with Gasteiger partial charge in [-0.3, -0.25) is 4.98 Å². The molecule has 1 heterocycles. The number of halogens is 2. The number of pyridine rings is 1. The highest BCUT2D eigenvalue weighted by molar-refractivity contribution is 6.38. The first-order valence-electron chi connectivity index (χ1n) is 5.47. The van der Waals surface area contributed by atoms with Gasteiger partial charge in [-0.15, -0.1) is 0 Å². The third-order valence-corrected chi connectivity index (χ3v) is 2.94. The zero-order chi connectivity index (χ0) is 13.3. The number of carbonyl (C=O) groups excluding carboxylic acids is 1. The Hall–Kier alpha value is -1.68. The molecule has 0 aliphatic heterocycles. The van der Waals surface area contributed by atoms with Crippen LogP contribution in [0.1, 0.15) is 23.0 Å². The Bertz CT molecular complexity index is 628. The summed E-state index contributed by atoms with van der Waals surface area (Å²) in [6.07, 6.45) is 0. The second kappa shape index (κ2) is 4.90. The van der Waals surface area contributed by atoms with Crippen LogP contribution in [0.3, 0.4) is 0 Å². The van der Waals surface area contributed by atoms with Gasteiger partial charge in [-0.25, -0.2) is 9.18 Å². The lowest BCUT2D eigenvalue weighted by atomic mass is 10.1. The second-order valence-electron chi connectivity index (χ2n) is 3.74. The molecule has 94 valence electrons. The minimum atomic E-state index is -0.586. The highest BCUT2D eigenvalue weighted by Gasteiger charge is 2.20. The average molecular weight is 268 g/mol. The maximum absolute atomic E-state index is 13.7. The number of aryl methyl sites for hydroxylation is 1. The minimum absolute atomic E-state index is 0.0500. The number of aromatic nitrogens is 1. The molecule has 2 rings (SSSR count). The smallest absolute Gasteiger partial charge is 0.341 e. The van der Waals surface area contributed by atoms with E-state index < -0.39 is 11.8 Å². The maximum Gasteiger partial charge on any atom is 0.341 e. The molecule has 18 heavy (non-hydrogen) atoms. The number of benzene rings is 1. The predicted molar refractivity (Wildman–Crippen MR) is 67.4 cm³/mol. The molecule has 0 N–H and O–H groups in total. The molecule has 0 saturated heterocycles. The first-order valence-corrected chi connectivity index (χ1v) is 5.85. The number of nitrogens with zero attached hydrogens (tertiary/aromatic N) is 1. The average Bonchev–Trinajstić information content (AvgIpc) is 2.28. The molecule has 0 unspecified atom stereocenters. The quantitative estimate of drug-likeness (QED) is 0.782. The Morgan fingerprint density at radius 1 is 1.50 bits per heavy atom. The van der Waals surface area contributed by atoms with Crippen molar-refractivity contribution in [1.29, 1.82) is 0 Å². The van der Waals surface area contributed by atoms with Gasteiger partial charge >= 0.3 is 5.97 Å². The number of ether oxygens (including phenoxy) is 1. The molecule has 0 aliphatic rings. The molecule has 1 aromatic heterocycles. The van der Waals surface area contributed by atoms with Gasteiger partial charge < -0.3 is 4.74 Å². The van der Waals surface area contributed by atoms with Crippen LogP contribution in [0.25, 0.3) is 10.9 Å². The van der Waals surface area contributed by atoms with Gasteiger partial charge in [-0.2, -0.15) is 0 Å². The van der Waals surface area contributed by atoms with E-state index in [4.69, 9.17) is 16.3 Å². The van der Waals surface area contributed by atoms with Crippen LogP contribution in [0, 0.1) is 12.7 Å². The van der Waals surface area contributed by atoms with Crippen LogP contribution >= 0.6 is 11.6 Å². The van der Waals surface area contributed by atoms with Crippen molar-refractivity contribution in [2.24, 2.45) is 0 Å². The van der Waals surface area contributed by atoms with Crippen LogP contribution in [0.4, 0.5) is 4.39 Å². The summed E-state index contributed by atoms with van der Waals surface area (Å²) < 4.78 is 18.6. The highest BCUT2D eigenvalue weighted by atomic mass is 35.5. The van der Waals surface area contributed by atoms with Gasteiger partial charge in [0.1, 0.15) is 11.4 Å². The number of rotatable bonds is 2. The number of hydrogen-bond acceptors (Lipinski definition) is 3. The van der Waals surface area contributed by atoms with Crippen LogP contribution in [0.2, 0.25) is 5.02 Å². The molecular formula is C13H11ClFNO2. The summed E-state index contributed by atoms with van der Waals surface area (Å²) in [6.45, 7) is 3.56. The molecule has 0 spiro atoms. The fourth-order valence-electron chi connectivity index (χ4n) is 1.78. The molecule has 5 heteroatoms. The Balaban J connectivity index is 2.75. The molecule has 0 fully saturated rings. The number of fused-ring (bicyclic) bond motifs is 1. The van der Waals surface area contributed by atoms with E-state index >= 15 is 0 Å². The van der Waals surface area contributed by atoms with Crippen LogP contribution in [0.15, 0.2) is 18.2 Å². The molecule has 2 aromatic rings. The molecule has 0 aliphatic carbocycles. The van der Waals surface area contributed by atoms with Crippen molar-refractivity contribution < 1.29 is 13.9 Å². The van der Waals surface area contributed by atoms with E-state index in [2.05, 4.69) is 4.98 Å². The number of hydrogen-bond donors (Lipinski definition) is 0. The number of esters is 1. The fraction of sp³-hybridized carbons (Fsp3) is 0.231. The Kier molecular flexibility index (Phi) is 3.48. The summed E-state index contributed by atoms with van der Waals surface area (Å²) in [5, 5.41) is 0.196. The van der Waals surface area contributed by atoms with E-state index in [0.29, 0.717) is 11.2 Å². The number of carbonyl (C=O) groups is 1. The lowest BCUT2D eigenvalue weighted by Gasteiger charge is -2.10. The monoisotopic (exact) mass is 267 g/mol. The molecule has 0 amide bonds. The van der Waals surface area contributed by atoms with E-state index in [1.54, 1.807) is 26.0 Å². The molecule has 0 bridgehead atoms. The molecule has 0 radical (unpaired) electrons. The van der Waals surface area contributed by atoms with Crippen molar-refractivity contribution in [1.82, 2.24) is 4.98 Å². The first kappa shape index (κ1) is 12.8. The lowest BCUT2D eigenvalue weighted by Crippen LogP contribution is -2.09. The largest absolute Gasteiger partial charge is 0.462 e. The van der Waals surface area contributed by atoms with Gasteiger partial charge in [0, 0.05) is 0 Å². The third kappa shape index (κ3) is 2.04. The van der Waals surface area contributed by atoms with Gasteiger partial charge in [0.2, 0.25) is 0 Å². The normalized spacial score (nSPS) is 10.7. The Labute approximate surface area is 109 Å². The predicted octanol–water partition coefficient (Wildman–Crippen LogP) is 3.51. The van der Waals surface area contributed by atoms with Crippen LogP contribution in [-0.2, 0) is 4.74 Å². The summed E-state index contributed by atoms with van der Waals surface area (Å²) in [5.41, 5.74) is 0.971. The van der Waals surface area contributed by atoms with Gasteiger partial charge in [0.05, 0.1) is 28.2 Å². The van der Waals surface area contributed by atoms with Crippen molar-refractivity contribution in [2.45, 2.75) is 13.8 Å². The van der Waals surface area contributed by atoms with E-state index in [0.717, 1.165) is 0 Å².